The molecule has 0 bridgehead atoms. The average molecular weight is 363 g/mol. The van der Waals surface area contributed by atoms with E-state index in [-0.39, 0.29) is 23.4 Å². The first kappa shape index (κ1) is 18.0. The number of benzene rings is 1. The fourth-order valence-electron chi connectivity index (χ4n) is 3.12. The number of aryl methyl sites for hydroxylation is 1. The monoisotopic (exact) mass is 363 g/mol. The average Bonchev–Trinajstić information content (AvgIpc) is 3.06. The number of hydrogen-bond donors (Lipinski definition) is 0. The van der Waals surface area contributed by atoms with Crippen molar-refractivity contribution in [3.8, 4) is 5.75 Å². The van der Waals surface area contributed by atoms with Crippen molar-refractivity contribution in [2.24, 2.45) is 13.0 Å². The maximum atomic E-state index is 12.7. The van der Waals surface area contributed by atoms with Crippen LogP contribution in [0.15, 0.2) is 36.7 Å². The maximum absolute atomic E-state index is 12.7. The van der Waals surface area contributed by atoms with Gasteiger partial charge in [0.1, 0.15) is 5.75 Å². The summed E-state index contributed by atoms with van der Waals surface area (Å²) in [4.78, 5) is 31.0. The van der Waals surface area contributed by atoms with Gasteiger partial charge >= 0.3 is 6.61 Å². The summed E-state index contributed by atoms with van der Waals surface area (Å²) >= 11 is 0. The van der Waals surface area contributed by atoms with Gasteiger partial charge in [-0.1, -0.05) is 0 Å². The van der Waals surface area contributed by atoms with E-state index in [9.17, 15) is 18.4 Å². The minimum absolute atomic E-state index is 0.00182. The Morgan fingerprint density at radius 3 is 2.62 bits per heavy atom. The normalized spacial score (nSPS) is 17.4. The van der Waals surface area contributed by atoms with Gasteiger partial charge in [0.05, 0.1) is 0 Å². The van der Waals surface area contributed by atoms with E-state index in [0.717, 1.165) is 6.42 Å². The van der Waals surface area contributed by atoms with Crippen LogP contribution in [0.4, 0.5) is 8.78 Å². The van der Waals surface area contributed by atoms with E-state index in [1.165, 1.54) is 24.3 Å². The van der Waals surface area contributed by atoms with Crippen LogP contribution < -0.4 is 4.74 Å². The van der Waals surface area contributed by atoms with Crippen LogP contribution in [0.1, 0.15) is 33.8 Å². The van der Waals surface area contributed by atoms with E-state index in [1.54, 1.807) is 28.9 Å². The van der Waals surface area contributed by atoms with Crippen molar-refractivity contribution in [1.29, 1.82) is 0 Å². The number of imidazole rings is 1. The summed E-state index contributed by atoms with van der Waals surface area (Å²) in [5.74, 6) is -0.215. The van der Waals surface area contributed by atoms with Gasteiger partial charge in [-0.15, -0.1) is 0 Å². The van der Waals surface area contributed by atoms with Gasteiger partial charge in [0, 0.05) is 44.0 Å². The van der Waals surface area contributed by atoms with E-state index in [4.69, 9.17) is 0 Å². The van der Waals surface area contributed by atoms with E-state index in [2.05, 4.69) is 9.72 Å². The second-order valence-electron chi connectivity index (χ2n) is 6.22. The van der Waals surface area contributed by atoms with Crippen LogP contribution in [-0.2, 0) is 7.05 Å². The number of carbonyl (C=O) groups is 2. The number of hydrogen-bond acceptors (Lipinski definition) is 4. The number of rotatable bonds is 5. The third-order valence-corrected chi connectivity index (χ3v) is 4.45. The van der Waals surface area contributed by atoms with Gasteiger partial charge in [0.15, 0.2) is 5.82 Å². The first-order chi connectivity index (χ1) is 12.5. The molecule has 0 aliphatic carbocycles. The van der Waals surface area contributed by atoms with Gasteiger partial charge in [-0.05, 0) is 37.1 Å². The van der Waals surface area contributed by atoms with E-state index in [1.807, 2.05) is 0 Å². The lowest BCUT2D eigenvalue weighted by molar-refractivity contribution is -0.0498. The highest BCUT2D eigenvalue weighted by Gasteiger charge is 2.31. The number of halogens is 2. The molecule has 1 amide bonds. The lowest BCUT2D eigenvalue weighted by atomic mass is 9.93. The molecule has 2 aromatic rings. The summed E-state index contributed by atoms with van der Waals surface area (Å²) in [6.07, 6.45) is 4.71. The summed E-state index contributed by atoms with van der Waals surface area (Å²) in [5, 5.41) is 0. The summed E-state index contributed by atoms with van der Waals surface area (Å²) in [6.45, 7) is -2.03. The molecule has 1 aliphatic rings. The van der Waals surface area contributed by atoms with Gasteiger partial charge in [0.2, 0.25) is 5.78 Å². The van der Waals surface area contributed by atoms with Crippen molar-refractivity contribution < 1.29 is 23.1 Å². The maximum Gasteiger partial charge on any atom is 0.387 e. The van der Waals surface area contributed by atoms with Crippen molar-refractivity contribution in [3.05, 3.63) is 48.0 Å². The molecule has 0 radical (unpaired) electrons. The Hall–Kier alpha value is -2.77. The molecule has 8 heteroatoms. The highest BCUT2D eigenvalue weighted by atomic mass is 19.3. The molecule has 0 saturated carbocycles. The Labute approximate surface area is 149 Å². The molecule has 1 aliphatic heterocycles. The number of ether oxygens (including phenoxy) is 1. The van der Waals surface area contributed by atoms with Gasteiger partial charge in [-0.25, -0.2) is 4.98 Å². The first-order valence-electron chi connectivity index (χ1n) is 8.31. The highest BCUT2D eigenvalue weighted by molar-refractivity contribution is 5.97. The summed E-state index contributed by atoms with van der Waals surface area (Å²) in [5.41, 5.74) is 0.372. The Morgan fingerprint density at radius 1 is 1.27 bits per heavy atom. The van der Waals surface area contributed by atoms with E-state index >= 15 is 0 Å². The SMILES string of the molecule is Cn1ccnc1C(=O)[C@H]1CCCN(C(=O)c2ccc(OC(F)F)cc2)C1. The number of aromatic nitrogens is 2. The third kappa shape index (κ3) is 3.89. The summed E-state index contributed by atoms with van der Waals surface area (Å²) in [6, 6.07) is 5.56. The summed E-state index contributed by atoms with van der Waals surface area (Å²) in [7, 11) is 1.76. The van der Waals surface area contributed by atoms with Crippen molar-refractivity contribution in [3.63, 3.8) is 0 Å². The molecule has 1 saturated heterocycles. The zero-order valence-corrected chi connectivity index (χ0v) is 14.3. The minimum atomic E-state index is -2.91. The molecule has 138 valence electrons. The Morgan fingerprint density at radius 2 is 2.00 bits per heavy atom. The molecule has 3 rings (SSSR count). The van der Waals surface area contributed by atoms with Gasteiger partial charge in [0.25, 0.3) is 5.91 Å². The highest BCUT2D eigenvalue weighted by Crippen LogP contribution is 2.23. The predicted octanol–water partition coefficient (Wildman–Crippen LogP) is 2.76. The van der Waals surface area contributed by atoms with Crippen LogP contribution in [-0.4, -0.2) is 45.8 Å². The summed E-state index contributed by atoms with van der Waals surface area (Å²) < 4.78 is 30.4. The molecule has 1 aromatic carbocycles. The first-order valence-corrected chi connectivity index (χ1v) is 8.31. The molecule has 1 atom stereocenters. The van der Waals surface area contributed by atoms with Crippen molar-refractivity contribution in [1.82, 2.24) is 14.5 Å². The number of nitrogens with zero attached hydrogens (tertiary/aromatic N) is 3. The molecular formula is C18H19F2N3O3. The van der Waals surface area contributed by atoms with Gasteiger partial charge in [-0.2, -0.15) is 8.78 Å². The quantitative estimate of drug-likeness (QED) is 0.767. The second-order valence-corrected chi connectivity index (χ2v) is 6.22. The molecule has 6 nitrogen and oxygen atoms in total. The Bertz CT molecular complexity index is 789. The molecule has 1 fully saturated rings. The topological polar surface area (TPSA) is 64.4 Å². The predicted molar refractivity (Wildman–Crippen MR) is 89.2 cm³/mol. The van der Waals surface area contributed by atoms with Crippen LogP contribution in [0.5, 0.6) is 5.75 Å². The van der Waals surface area contributed by atoms with Crippen LogP contribution in [0.25, 0.3) is 0 Å². The molecule has 0 N–H and O–H groups in total. The fourth-order valence-corrected chi connectivity index (χ4v) is 3.12. The van der Waals surface area contributed by atoms with Crippen LogP contribution in [0.2, 0.25) is 0 Å². The lowest BCUT2D eigenvalue weighted by Crippen LogP contribution is -2.42. The number of Topliss-reactive ketones (excluding diaryl/α,β-unsaturated/α-hetero) is 1. The molecule has 26 heavy (non-hydrogen) atoms. The number of ketones is 1. The minimum Gasteiger partial charge on any atom is -0.435 e. The lowest BCUT2D eigenvalue weighted by Gasteiger charge is -2.32. The van der Waals surface area contributed by atoms with Crippen molar-refractivity contribution >= 4 is 11.7 Å². The fraction of sp³-hybridized carbons (Fsp3) is 0.389. The number of alkyl halides is 2. The smallest absolute Gasteiger partial charge is 0.387 e. The third-order valence-electron chi connectivity index (χ3n) is 4.45. The molecule has 0 spiro atoms. The zero-order chi connectivity index (χ0) is 18.7. The Kier molecular flexibility index (Phi) is 5.29. The van der Waals surface area contributed by atoms with Crippen molar-refractivity contribution in [2.45, 2.75) is 19.5 Å². The van der Waals surface area contributed by atoms with Crippen LogP contribution in [0, 0.1) is 5.92 Å². The number of carbonyl (C=O) groups excluding carboxylic acids is 2. The van der Waals surface area contributed by atoms with Crippen LogP contribution in [0.3, 0.4) is 0 Å². The van der Waals surface area contributed by atoms with Gasteiger partial charge in [-0.3, -0.25) is 9.59 Å². The molecular weight excluding hydrogens is 344 g/mol. The van der Waals surface area contributed by atoms with E-state index in [0.29, 0.717) is 30.9 Å². The van der Waals surface area contributed by atoms with Gasteiger partial charge < -0.3 is 14.2 Å². The number of likely N-dealkylation sites (tertiary alicyclic amines) is 1. The largest absolute Gasteiger partial charge is 0.435 e. The van der Waals surface area contributed by atoms with E-state index < -0.39 is 6.61 Å². The van der Waals surface area contributed by atoms with Crippen LogP contribution >= 0.6 is 0 Å². The number of amides is 1. The molecule has 2 heterocycles. The Balaban J connectivity index is 1.68. The molecule has 1 aromatic heterocycles. The standard InChI is InChI=1S/C18H19F2N3O3/c1-22-10-8-21-16(22)15(24)13-3-2-9-23(11-13)17(25)12-4-6-14(7-5-12)26-18(19)20/h4-8,10,13,18H,2-3,9,11H2,1H3/t13-/m0/s1. The zero-order valence-electron chi connectivity index (χ0n) is 14.3. The van der Waals surface area contributed by atoms with Crippen molar-refractivity contribution in [2.75, 3.05) is 13.1 Å². The second kappa shape index (κ2) is 7.63. The molecule has 0 unspecified atom stereocenters. The number of piperidine rings is 1.